The van der Waals surface area contributed by atoms with E-state index in [4.69, 9.17) is 0 Å². The third kappa shape index (κ3) is 25.8. The maximum absolute atomic E-state index is 3.80. The maximum Gasteiger partial charge on any atom is -0.0353 e. The zero-order chi connectivity index (χ0) is 22.0. The molecule has 0 fully saturated rings. The average Bonchev–Trinajstić information content (AvgIpc) is 2.75. The van der Waals surface area contributed by atoms with Crippen molar-refractivity contribution >= 4 is 0 Å². The molecule has 0 N–H and O–H groups in total. The van der Waals surface area contributed by atoms with Crippen molar-refractivity contribution in [2.24, 2.45) is 5.92 Å². The Bertz CT molecular complexity index is 305. The quantitative estimate of drug-likeness (QED) is 0.0963. The summed E-state index contributed by atoms with van der Waals surface area (Å²) >= 11 is 0. The molecule has 0 aliphatic heterocycles. The van der Waals surface area contributed by atoms with Crippen LogP contribution in [0.5, 0.6) is 0 Å². The molecule has 1 atom stereocenters. The van der Waals surface area contributed by atoms with Crippen LogP contribution < -0.4 is 0 Å². The summed E-state index contributed by atoms with van der Waals surface area (Å²) in [6.45, 7) is 8.59. The Morgan fingerprint density at radius 2 is 0.767 bits per heavy atom. The smallest absolute Gasteiger partial charge is 0.0353 e. The van der Waals surface area contributed by atoms with Crippen LogP contribution in [0.15, 0.2) is 12.7 Å². The fraction of sp³-hybridized carbons (Fsp3) is 0.933. The van der Waals surface area contributed by atoms with E-state index in [0.717, 1.165) is 5.92 Å². The van der Waals surface area contributed by atoms with Crippen molar-refractivity contribution in [1.29, 1.82) is 0 Å². The van der Waals surface area contributed by atoms with Crippen LogP contribution in [0.25, 0.3) is 0 Å². The van der Waals surface area contributed by atoms with E-state index in [1.807, 2.05) is 0 Å². The topological polar surface area (TPSA) is 0 Å². The minimum atomic E-state index is 0.959. The van der Waals surface area contributed by atoms with Crippen LogP contribution in [0.1, 0.15) is 174 Å². The highest BCUT2D eigenvalue weighted by molar-refractivity contribution is 4.65. The number of rotatable bonds is 26. The summed E-state index contributed by atoms with van der Waals surface area (Å²) in [4.78, 5) is 0. The van der Waals surface area contributed by atoms with Crippen LogP contribution in [0.4, 0.5) is 0 Å². The Morgan fingerprint density at radius 3 is 1.10 bits per heavy atom. The Kier molecular flexibility index (Phi) is 26.5. The van der Waals surface area contributed by atoms with Crippen molar-refractivity contribution in [2.45, 2.75) is 174 Å². The van der Waals surface area contributed by atoms with Gasteiger partial charge >= 0.3 is 0 Å². The van der Waals surface area contributed by atoms with Crippen LogP contribution in [-0.2, 0) is 0 Å². The summed E-state index contributed by atoms with van der Waals surface area (Å²) in [5.74, 6) is 0.959. The lowest BCUT2D eigenvalue weighted by Gasteiger charge is -2.11. The molecule has 0 saturated heterocycles. The fourth-order valence-corrected chi connectivity index (χ4v) is 4.67. The molecule has 0 aliphatic rings. The number of unbranched alkanes of at least 4 members (excludes halogenated alkanes) is 21. The minimum absolute atomic E-state index is 0.959. The number of allylic oxidation sites excluding steroid dienone is 1. The molecule has 0 nitrogen and oxygen atoms in total. The highest BCUT2D eigenvalue weighted by Crippen LogP contribution is 2.19. The molecule has 0 rings (SSSR count). The Hall–Kier alpha value is -0.260. The van der Waals surface area contributed by atoms with E-state index in [1.54, 1.807) is 0 Å². The van der Waals surface area contributed by atoms with Gasteiger partial charge in [-0.05, 0) is 18.8 Å². The van der Waals surface area contributed by atoms with E-state index in [-0.39, 0.29) is 0 Å². The molecule has 0 saturated carbocycles. The first-order valence-corrected chi connectivity index (χ1v) is 14.4. The summed E-state index contributed by atoms with van der Waals surface area (Å²) in [6.07, 6.45) is 38.3. The molecule has 0 aromatic rings. The van der Waals surface area contributed by atoms with E-state index < -0.39 is 0 Å². The second-order valence-corrected chi connectivity index (χ2v) is 10.2. The van der Waals surface area contributed by atoms with E-state index in [2.05, 4.69) is 26.5 Å². The predicted octanol–water partition coefficient (Wildman–Crippen LogP) is 11.6. The van der Waals surface area contributed by atoms with Crippen molar-refractivity contribution in [1.82, 2.24) is 0 Å². The van der Waals surface area contributed by atoms with Crippen molar-refractivity contribution in [2.75, 3.05) is 0 Å². The van der Waals surface area contributed by atoms with E-state index in [1.165, 1.54) is 161 Å². The fourth-order valence-electron chi connectivity index (χ4n) is 4.67. The normalized spacial score (nSPS) is 12.3. The van der Waals surface area contributed by atoms with Gasteiger partial charge in [0.2, 0.25) is 0 Å². The first kappa shape index (κ1) is 29.7. The van der Waals surface area contributed by atoms with Crippen molar-refractivity contribution in [3.8, 4) is 0 Å². The monoisotopic (exact) mass is 420 g/mol. The number of hydrogen-bond acceptors (Lipinski definition) is 0. The highest BCUT2D eigenvalue weighted by Gasteiger charge is 2.02. The Labute approximate surface area is 193 Å². The Morgan fingerprint density at radius 1 is 0.467 bits per heavy atom. The van der Waals surface area contributed by atoms with Gasteiger partial charge < -0.3 is 0 Å². The zero-order valence-electron chi connectivity index (χ0n) is 21.5. The van der Waals surface area contributed by atoms with Gasteiger partial charge in [-0.1, -0.05) is 168 Å². The maximum atomic E-state index is 3.80. The molecule has 30 heavy (non-hydrogen) atoms. The highest BCUT2D eigenvalue weighted by atomic mass is 14.1. The molecule has 0 heteroatoms. The van der Waals surface area contributed by atoms with Crippen LogP contribution in [0, 0.1) is 5.92 Å². The van der Waals surface area contributed by atoms with E-state index in [0.29, 0.717) is 0 Å². The molecular formula is C30H60. The summed E-state index contributed by atoms with van der Waals surface area (Å²) in [7, 11) is 0. The summed E-state index contributed by atoms with van der Waals surface area (Å²) in [5.41, 5.74) is 0. The molecule has 0 heterocycles. The molecule has 180 valence electrons. The average molecular weight is 421 g/mol. The SMILES string of the molecule is C=CCCCCCCCCCCC(C)CCCCCCCCCCCCCCCC. The van der Waals surface area contributed by atoms with Gasteiger partial charge in [-0.3, -0.25) is 0 Å². The van der Waals surface area contributed by atoms with E-state index in [9.17, 15) is 0 Å². The lowest BCUT2D eigenvalue weighted by Crippen LogP contribution is -1.95. The molecule has 1 unspecified atom stereocenters. The first-order chi connectivity index (χ1) is 14.8. The Balaban J connectivity index is 3.13. The molecular weight excluding hydrogens is 360 g/mol. The van der Waals surface area contributed by atoms with Gasteiger partial charge in [0.05, 0.1) is 0 Å². The largest absolute Gasteiger partial charge is 0.103 e. The van der Waals surface area contributed by atoms with Crippen LogP contribution in [-0.4, -0.2) is 0 Å². The molecule has 0 spiro atoms. The van der Waals surface area contributed by atoms with Gasteiger partial charge in [0.15, 0.2) is 0 Å². The second kappa shape index (κ2) is 26.8. The van der Waals surface area contributed by atoms with Gasteiger partial charge in [0, 0.05) is 0 Å². The van der Waals surface area contributed by atoms with Crippen molar-refractivity contribution < 1.29 is 0 Å². The lowest BCUT2D eigenvalue weighted by atomic mass is 9.95. The van der Waals surface area contributed by atoms with Crippen LogP contribution >= 0.6 is 0 Å². The third-order valence-corrected chi connectivity index (χ3v) is 6.91. The molecule has 0 aromatic heterocycles. The zero-order valence-corrected chi connectivity index (χ0v) is 21.5. The predicted molar refractivity (Wildman–Crippen MR) is 140 cm³/mol. The van der Waals surface area contributed by atoms with Gasteiger partial charge in [-0.2, -0.15) is 0 Å². The summed E-state index contributed by atoms with van der Waals surface area (Å²) in [6, 6.07) is 0. The van der Waals surface area contributed by atoms with E-state index >= 15 is 0 Å². The van der Waals surface area contributed by atoms with Gasteiger partial charge in [-0.15, -0.1) is 6.58 Å². The standard InChI is InChI=1S/C30H60/c1-4-6-8-10-12-14-16-17-18-19-21-23-25-27-29-30(3)28-26-24-22-20-15-13-11-9-7-5-2/h5,30H,2,4,6-29H2,1,3H3. The van der Waals surface area contributed by atoms with Gasteiger partial charge in [0.25, 0.3) is 0 Å². The lowest BCUT2D eigenvalue weighted by molar-refractivity contribution is 0.430. The van der Waals surface area contributed by atoms with Crippen LogP contribution in [0.3, 0.4) is 0 Å². The van der Waals surface area contributed by atoms with Crippen molar-refractivity contribution in [3.05, 3.63) is 12.7 Å². The second-order valence-electron chi connectivity index (χ2n) is 10.2. The third-order valence-electron chi connectivity index (χ3n) is 6.91. The summed E-state index contributed by atoms with van der Waals surface area (Å²) in [5, 5.41) is 0. The molecule has 0 aromatic carbocycles. The molecule has 0 amide bonds. The molecule has 0 radical (unpaired) electrons. The van der Waals surface area contributed by atoms with Crippen LogP contribution in [0.2, 0.25) is 0 Å². The van der Waals surface area contributed by atoms with Gasteiger partial charge in [-0.25, -0.2) is 0 Å². The van der Waals surface area contributed by atoms with Crippen molar-refractivity contribution in [3.63, 3.8) is 0 Å². The molecule has 0 bridgehead atoms. The first-order valence-electron chi connectivity index (χ1n) is 14.4. The number of hydrogen-bond donors (Lipinski definition) is 0. The van der Waals surface area contributed by atoms with Gasteiger partial charge in [0.1, 0.15) is 0 Å². The minimum Gasteiger partial charge on any atom is -0.103 e. The molecule has 0 aliphatic carbocycles. The summed E-state index contributed by atoms with van der Waals surface area (Å²) < 4.78 is 0.